The number of amides is 1. The lowest BCUT2D eigenvalue weighted by atomic mass is 9.97. The van der Waals surface area contributed by atoms with E-state index >= 15 is 0 Å². The molecular formula is C20H31N5O2S. The first-order chi connectivity index (χ1) is 13.7. The summed E-state index contributed by atoms with van der Waals surface area (Å²) in [7, 11) is 3.91. The van der Waals surface area contributed by atoms with E-state index in [4.69, 9.17) is 9.72 Å². The van der Waals surface area contributed by atoms with Crippen molar-refractivity contribution in [1.82, 2.24) is 24.1 Å². The van der Waals surface area contributed by atoms with Crippen LogP contribution in [0.15, 0.2) is 11.6 Å². The summed E-state index contributed by atoms with van der Waals surface area (Å²) in [6, 6.07) is 0. The number of aromatic nitrogens is 2. The Labute approximate surface area is 170 Å². The topological polar surface area (TPSA) is 53.3 Å². The normalized spacial score (nSPS) is 20.7. The van der Waals surface area contributed by atoms with Gasteiger partial charge in [0.1, 0.15) is 0 Å². The number of imidazole rings is 1. The molecule has 0 aromatic carbocycles. The first-order valence-corrected chi connectivity index (χ1v) is 11.2. The summed E-state index contributed by atoms with van der Waals surface area (Å²) in [5, 5.41) is 2.05. The van der Waals surface area contributed by atoms with Crippen LogP contribution in [-0.4, -0.2) is 90.0 Å². The van der Waals surface area contributed by atoms with Gasteiger partial charge in [0.25, 0.3) is 5.91 Å². The standard InChI is InChI=1S/C20H31N5O2S/c1-22-6-3-7-24(11-10-22)19(26)18-17(25-12-13-28-20(25)21-18)14-23-8-4-16(5-9-23)15-27-2/h12-13,16H,3-11,14-15H2,1-2H3. The van der Waals surface area contributed by atoms with Crippen molar-refractivity contribution in [2.75, 3.05) is 60.0 Å². The fourth-order valence-corrected chi connectivity index (χ4v) is 5.05. The molecule has 28 heavy (non-hydrogen) atoms. The summed E-state index contributed by atoms with van der Waals surface area (Å²) in [5.74, 6) is 0.749. The highest BCUT2D eigenvalue weighted by Gasteiger charge is 2.28. The number of hydrogen-bond donors (Lipinski definition) is 0. The number of carbonyl (C=O) groups is 1. The van der Waals surface area contributed by atoms with Crippen LogP contribution in [0.3, 0.4) is 0 Å². The molecule has 2 saturated heterocycles. The van der Waals surface area contributed by atoms with Crippen molar-refractivity contribution in [3.63, 3.8) is 0 Å². The third-order valence-electron chi connectivity index (χ3n) is 6.05. The lowest BCUT2D eigenvalue weighted by Crippen LogP contribution is -2.37. The molecule has 2 aromatic rings. The second-order valence-corrected chi connectivity index (χ2v) is 8.96. The summed E-state index contributed by atoms with van der Waals surface area (Å²) < 4.78 is 7.43. The second-order valence-electron chi connectivity index (χ2n) is 8.09. The van der Waals surface area contributed by atoms with Crippen LogP contribution in [0.4, 0.5) is 0 Å². The van der Waals surface area contributed by atoms with Crippen LogP contribution >= 0.6 is 11.3 Å². The van der Waals surface area contributed by atoms with Gasteiger partial charge in [-0.25, -0.2) is 4.98 Å². The maximum Gasteiger partial charge on any atom is 0.274 e. The quantitative estimate of drug-likeness (QED) is 0.762. The largest absolute Gasteiger partial charge is 0.384 e. The molecule has 2 aromatic heterocycles. The van der Waals surface area contributed by atoms with Gasteiger partial charge >= 0.3 is 0 Å². The first-order valence-electron chi connectivity index (χ1n) is 10.3. The smallest absolute Gasteiger partial charge is 0.274 e. The second kappa shape index (κ2) is 8.90. The van der Waals surface area contributed by atoms with E-state index in [9.17, 15) is 4.79 Å². The van der Waals surface area contributed by atoms with Crippen LogP contribution in [0.1, 0.15) is 35.4 Å². The van der Waals surface area contributed by atoms with Gasteiger partial charge in [-0.3, -0.25) is 14.1 Å². The number of methoxy groups -OCH3 is 1. The monoisotopic (exact) mass is 405 g/mol. The molecule has 2 aliphatic rings. The molecule has 2 aliphatic heterocycles. The summed E-state index contributed by atoms with van der Waals surface area (Å²) in [6.07, 6.45) is 5.38. The van der Waals surface area contributed by atoms with E-state index < -0.39 is 0 Å². The van der Waals surface area contributed by atoms with Gasteiger partial charge in [0.15, 0.2) is 10.7 Å². The van der Waals surface area contributed by atoms with E-state index in [-0.39, 0.29) is 5.91 Å². The molecule has 4 heterocycles. The molecule has 2 fully saturated rings. The Bertz CT molecular complexity index is 796. The number of carbonyl (C=O) groups excluding carboxylic acids is 1. The van der Waals surface area contributed by atoms with Gasteiger partial charge < -0.3 is 14.5 Å². The van der Waals surface area contributed by atoms with Crippen molar-refractivity contribution in [3.05, 3.63) is 23.0 Å². The third-order valence-corrected chi connectivity index (χ3v) is 6.81. The summed E-state index contributed by atoms with van der Waals surface area (Å²) in [5.41, 5.74) is 1.69. The summed E-state index contributed by atoms with van der Waals surface area (Å²) in [4.78, 5) is 25.7. The Balaban J connectivity index is 1.51. The number of fused-ring (bicyclic) bond motifs is 1. The molecule has 1 amide bonds. The Hall–Kier alpha value is -1.48. The summed E-state index contributed by atoms with van der Waals surface area (Å²) in [6.45, 7) is 7.30. The Kier molecular flexibility index (Phi) is 6.30. The predicted octanol–water partition coefficient (Wildman–Crippen LogP) is 2.03. The molecule has 4 rings (SSSR count). The molecule has 0 N–H and O–H groups in total. The van der Waals surface area contributed by atoms with E-state index in [0.29, 0.717) is 11.6 Å². The third kappa shape index (κ3) is 4.25. The number of hydrogen-bond acceptors (Lipinski definition) is 6. The summed E-state index contributed by atoms with van der Waals surface area (Å²) >= 11 is 1.60. The van der Waals surface area contributed by atoms with E-state index in [0.717, 1.165) is 82.3 Å². The lowest BCUT2D eigenvalue weighted by Gasteiger charge is -2.31. The van der Waals surface area contributed by atoms with Crippen molar-refractivity contribution < 1.29 is 9.53 Å². The number of thiazole rings is 1. The fraction of sp³-hybridized carbons (Fsp3) is 0.700. The molecular weight excluding hydrogens is 374 g/mol. The van der Waals surface area contributed by atoms with Gasteiger partial charge in [-0.05, 0) is 51.9 Å². The molecule has 0 saturated carbocycles. The number of piperidine rings is 1. The predicted molar refractivity (Wildman–Crippen MR) is 111 cm³/mol. The van der Waals surface area contributed by atoms with Crippen LogP contribution in [0.2, 0.25) is 0 Å². The first kappa shape index (κ1) is 19.8. The Morgan fingerprint density at radius 3 is 2.82 bits per heavy atom. The molecule has 7 nitrogen and oxygen atoms in total. The number of nitrogens with zero attached hydrogens (tertiary/aromatic N) is 5. The zero-order chi connectivity index (χ0) is 19.5. The minimum atomic E-state index is 0.0930. The Morgan fingerprint density at radius 1 is 1.21 bits per heavy atom. The number of likely N-dealkylation sites (N-methyl/N-ethyl adjacent to an activating group) is 1. The highest BCUT2D eigenvalue weighted by atomic mass is 32.1. The number of likely N-dealkylation sites (tertiary alicyclic amines) is 1. The van der Waals surface area contributed by atoms with Crippen LogP contribution in [0.5, 0.6) is 0 Å². The average Bonchev–Trinajstić information content (AvgIpc) is 3.21. The van der Waals surface area contributed by atoms with Crippen molar-refractivity contribution in [3.8, 4) is 0 Å². The molecule has 0 bridgehead atoms. The number of rotatable bonds is 5. The molecule has 0 aliphatic carbocycles. The van der Waals surface area contributed by atoms with Gasteiger partial charge in [0, 0.05) is 51.5 Å². The average molecular weight is 406 g/mol. The molecule has 0 radical (unpaired) electrons. The van der Waals surface area contributed by atoms with Gasteiger partial charge in [0.2, 0.25) is 0 Å². The molecule has 8 heteroatoms. The van der Waals surface area contributed by atoms with Gasteiger partial charge in [0.05, 0.1) is 5.69 Å². The maximum absolute atomic E-state index is 13.3. The SMILES string of the molecule is COCC1CCN(Cc2c(C(=O)N3CCCN(C)CC3)nc3sccn23)CC1. The van der Waals surface area contributed by atoms with Gasteiger partial charge in [-0.2, -0.15) is 0 Å². The van der Waals surface area contributed by atoms with Crippen LogP contribution in [0, 0.1) is 5.92 Å². The van der Waals surface area contributed by atoms with Crippen molar-refractivity contribution in [2.45, 2.75) is 25.8 Å². The van der Waals surface area contributed by atoms with Crippen LogP contribution in [0.25, 0.3) is 4.96 Å². The minimum Gasteiger partial charge on any atom is -0.384 e. The Morgan fingerprint density at radius 2 is 2.04 bits per heavy atom. The highest BCUT2D eigenvalue weighted by Crippen LogP contribution is 2.24. The van der Waals surface area contributed by atoms with E-state index in [1.54, 1.807) is 18.4 Å². The van der Waals surface area contributed by atoms with Gasteiger partial charge in [-0.1, -0.05) is 0 Å². The van der Waals surface area contributed by atoms with E-state index in [1.807, 2.05) is 16.5 Å². The van der Waals surface area contributed by atoms with Crippen LogP contribution < -0.4 is 0 Å². The zero-order valence-electron chi connectivity index (χ0n) is 17.0. The molecule has 0 atom stereocenters. The maximum atomic E-state index is 13.3. The lowest BCUT2D eigenvalue weighted by molar-refractivity contribution is 0.0751. The minimum absolute atomic E-state index is 0.0930. The van der Waals surface area contributed by atoms with Gasteiger partial charge in [-0.15, -0.1) is 11.3 Å². The fourth-order valence-electron chi connectivity index (χ4n) is 4.31. The molecule has 0 spiro atoms. The van der Waals surface area contributed by atoms with Crippen molar-refractivity contribution in [2.24, 2.45) is 5.92 Å². The van der Waals surface area contributed by atoms with E-state index in [2.05, 4.69) is 21.2 Å². The van der Waals surface area contributed by atoms with Crippen molar-refractivity contribution in [1.29, 1.82) is 0 Å². The van der Waals surface area contributed by atoms with E-state index in [1.165, 1.54) is 0 Å². The number of ether oxygens (including phenoxy) is 1. The zero-order valence-corrected chi connectivity index (χ0v) is 17.8. The molecule has 154 valence electrons. The highest BCUT2D eigenvalue weighted by molar-refractivity contribution is 7.15. The molecule has 0 unspecified atom stereocenters. The van der Waals surface area contributed by atoms with Crippen LogP contribution in [-0.2, 0) is 11.3 Å². The van der Waals surface area contributed by atoms with Crippen molar-refractivity contribution >= 4 is 22.2 Å².